The fraction of sp³-hybridized carbons (Fsp3) is 0.167. The van der Waals surface area contributed by atoms with Gasteiger partial charge in [0, 0.05) is 6.20 Å². The van der Waals surface area contributed by atoms with Crippen LogP contribution in [0.4, 0.5) is 0 Å². The summed E-state index contributed by atoms with van der Waals surface area (Å²) in [5.74, 6) is 0.755. The van der Waals surface area contributed by atoms with Gasteiger partial charge in [0.1, 0.15) is 0 Å². The minimum Gasteiger partial charge on any atom is -0.281 e. The number of nitrogens with one attached hydrogen (secondary N) is 2. The smallest absolute Gasteiger partial charge is 0.213 e. The number of aromatic nitrogens is 4. The lowest BCUT2D eigenvalue weighted by atomic mass is 10.5. The van der Waals surface area contributed by atoms with E-state index >= 15 is 0 Å². The summed E-state index contributed by atoms with van der Waals surface area (Å²) in [5, 5.41) is 6.62. The van der Waals surface area contributed by atoms with Crippen LogP contribution in [-0.2, 0) is 0 Å². The zero-order valence-corrected chi connectivity index (χ0v) is 7.92. The molecule has 0 aliphatic rings. The van der Waals surface area contributed by atoms with E-state index in [9.17, 15) is 0 Å². The van der Waals surface area contributed by atoms with E-state index in [1.54, 1.807) is 17.5 Å². The van der Waals surface area contributed by atoms with E-state index in [2.05, 4.69) is 20.2 Å². The summed E-state index contributed by atoms with van der Waals surface area (Å²) in [4.78, 5) is 9.18. The molecule has 12 heavy (non-hydrogen) atoms. The predicted molar refractivity (Wildman–Crippen MR) is 49.6 cm³/mol. The van der Waals surface area contributed by atoms with Crippen molar-refractivity contribution in [3.8, 4) is 10.7 Å². The van der Waals surface area contributed by atoms with Crippen LogP contribution in [0.15, 0.2) is 6.20 Å². The number of aromatic amines is 2. The fourth-order valence-corrected chi connectivity index (χ4v) is 1.72. The number of hydrogen-bond donors (Lipinski definition) is 2. The van der Waals surface area contributed by atoms with Crippen molar-refractivity contribution in [1.82, 2.24) is 20.2 Å². The van der Waals surface area contributed by atoms with Crippen molar-refractivity contribution in [3.05, 3.63) is 16.0 Å². The van der Waals surface area contributed by atoms with Crippen LogP contribution in [0.25, 0.3) is 10.7 Å². The van der Waals surface area contributed by atoms with Crippen LogP contribution in [0.5, 0.6) is 0 Å². The van der Waals surface area contributed by atoms with Gasteiger partial charge in [-0.3, -0.25) is 10.2 Å². The van der Waals surface area contributed by atoms with Gasteiger partial charge < -0.3 is 0 Å². The average molecular weight is 198 g/mol. The Labute approximate surface area is 77.7 Å². The third-order valence-electron chi connectivity index (χ3n) is 1.36. The summed E-state index contributed by atoms with van der Waals surface area (Å²) in [7, 11) is 0. The normalized spacial score (nSPS) is 10.4. The Morgan fingerprint density at radius 2 is 2.33 bits per heavy atom. The molecule has 2 heterocycles. The van der Waals surface area contributed by atoms with Crippen molar-refractivity contribution >= 4 is 23.6 Å². The molecule has 0 radical (unpaired) electrons. The van der Waals surface area contributed by atoms with Gasteiger partial charge in [-0.1, -0.05) is 0 Å². The Kier molecular flexibility index (Phi) is 1.78. The van der Waals surface area contributed by atoms with Gasteiger partial charge in [0.15, 0.2) is 5.82 Å². The fourth-order valence-electron chi connectivity index (χ4n) is 0.858. The molecule has 0 amide bonds. The first-order valence-corrected chi connectivity index (χ1v) is 4.55. The van der Waals surface area contributed by atoms with E-state index in [1.165, 1.54) is 0 Å². The molecule has 0 saturated heterocycles. The molecule has 6 heteroatoms. The molecule has 0 atom stereocenters. The number of thiazole rings is 1. The van der Waals surface area contributed by atoms with E-state index in [1.807, 2.05) is 6.92 Å². The highest BCUT2D eigenvalue weighted by Crippen LogP contribution is 2.21. The minimum absolute atomic E-state index is 0.469. The lowest BCUT2D eigenvalue weighted by Gasteiger charge is -1.83. The Morgan fingerprint density at radius 1 is 1.50 bits per heavy atom. The van der Waals surface area contributed by atoms with Gasteiger partial charge in [-0.05, 0) is 19.1 Å². The van der Waals surface area contributed by atoms with Crippen LogP contribution >= 0.6 is 23.6 Å². The molecule has 2 aromatic heterocycles. The molecule has 0 aromatic carbocycles. The molecule has 2 aromatic rings. The number of H-pyrrole nitrogens is 2. The molecule has 2 rings (SSSR count). The van der Waals surface area contributed by atoms with Crippen molar-refractivity contribution in [2.45, 2.75) is 6.92 Å². The predicted octanol–water partition coefficient (Wildman–Crippen LogP) is 1.90. The topological polar surface area (TPSA) is 57.4 Å². The lowest BCUT2D eigenvalue weighted by Crippen LogP contribution is -1.73. The maximum Gasteiger partial charge on any atom is 0.213 e. The maximum atomic E-state index is 4.83. The number of nitrogens with zero attached hydrogens (tertiary/aromatic N) is 2. The third-order valence-corrected chi connectivity index (χ3v) is 2.47. The molecular formula is C6H6N4S2. The summed E-state index contributed by atoms with van der Waals surface area (Å²) < 4.78 is 0.469. The number of rotatable bonds is 1. The second-order valence-corrected chi connectivity index (χ2v) is 3.88. The molecule has 0 bridgehead atoms. The summed E-state index contributed by atoms with van der Waals surface area (Å²) >= 11 is 6.41. The monoisotopic (exact) mass is 198 g/mol. The standard InChI is InChI=1S/C6H6N4S2/c1-3-7-2-4(12-3)5-8-6(11)10-9-5/h2H,1H3,(H2,8,9,10,11). The van der Waals surface area contributed by atoms with E-state index < -0.39 is 0 Å². The molecular weight excluding hydrogens is 192 g/mol. The summed E-state index contributed by atoms with van der Waals surface area (Å²) in [6, 6.07) is 0. The van der Waals surface area contributed by atoms with Crippen LogP contribution in [0.1, 0.15) is 5.01 Å². The van der Waals surface area contributed by atoms with Gasteiger partial charge in [0.05, 0.1) is 9.88 Å². The Bertz CT molecular complexity index is 438. The van der Waals surface area contributed by atoms with Crippen molar-refractivity contribution in [3.63, 3.8) is 0 Å². The number of hydrogen-bond acceptors (Lipinski definition) is 4. The van der Waals surface area contributed by atoms with Crippen molar-refractivity contribution < 1.29 is 0 Å². The maximum absolute atomic E-state index is 4.83. The summed E-state index contributed by atoms with van der Waals surface area (Å²) in [6.45, 7) is 1.95. The van der Waals surface area contributed by atoms with E-state index in [4.69, 9.17) is 12.2 Å². The van der Waals surface area contributed by atoms with Gasteiger partial charge in [-0.2, -0.15) is 4.98 Å². The SMILES string of the molecule is Cc1ncc(-c2nc(=S)[nH][nH]2)s1. The average Bonchev–Trinajstić information content (AvgIpc) is 2.58. The molecule has 62 valence electrons. The summed E-state index contributed by atoms with van der Waals surface area (Å²) in [6.07, 6.45) is 1.78. The Hall–Kier alpha value is -1.01. The molecule has 0 aliphatic carbocycles. The second kappa shape index (κ2) is 2.80. The third kappa shape index (κ3) is 1.30. The Morgan fingerprint density at radius 3 is 2.83 bits per heavy atom. The molecule has 0 fully saturated rings. The van der Waals surface area contributed by atoms with Gasteiger partial charge in [0.25, 0.3) is 0 Å². The molecule has 0 unspecified atom stereocenters. The van der Waals surface area contributed by atoms with Gasteiger partial charge in [-0.15, -0.1) is 11.3 Å². The quantitative estimate of drug-likeness (QED) is 0.688. The van der Waals surface area contributed by atoms with E-state index in [-0.39, 0.29) is 0 Å². The molecule has 0 saturated carbocycles. The Balaban J connectivity index is 2.50. The molecule has 2 N–H and O–H groups in total. The van der Waals surface area contributed by atoms with Gasteiger partial charge >= 0.3 is 0 Å². The van der Waals surface area contributed by atoms with Crippen LogP contribution < -0.4 is 0 Å². The second-order valence-electron chi connectivity index (χ2n) is 2.26. The zero-order chi connectivity index (χ0) is 8.55. The molecule has 0 spiro atoms. The van der Waals surface area contributed by atoms with Crippen molar-refractivity contribution in [2.24, 2.45) is 0 Å². The molecule has 0 aliphatic heterocycles. The van der Waals surface area contributed by atoms with Gasteiger partial charge in [0.2, 0.25) is 4.77 Å². The highest BCUT2D eigenvalue weighted by Gasteiger charge is 2.03. The van der Waals surface area contributed by atoms with E-state index in [0.29, 0.717) is 4.77 Å². The van der Waals surface area contributed by atoms with Gasteiger partial charge in [-0.25, -0.2) is 4.98 Å². The van der Waals surface area contributed by atoms with E-state index in [0.717, 1.165) is 15.7 Å². The van der Waals surface area contributed by atoms with Crippen LogP contribution in [0, 0.1) is 11.7 Å². The zero-order valence-electron chi connectivity index (χ0n) is 6.29. The van der Waals surface area contributed by atoms with Crippen LogP contribution in [-0.4, -0.2) is 20.2 Å². The first-order valence-electron chi connectivity index (χ1n) is 3.33. The van der Waals surface area contributed by atoms with Crippen LogP contribution in [0.2, 0.25) is 0 Å². The largest absolute Gasteiger partial charge is 0.281 e. The highest BCUT2D eigenvalue weighted by molar-refractivity contribution is 7.71. The summed E-state index contributed by atoms with van der Waals surface area (Å²) in [5.41, 5.74) is 0. The van der Waals surface area contributed by atoms with Crippen LogP contribution in [0.3, 0.4) is 0 Å². The highest BCUT2D eigenvalue weighted by atomic mass is 32.1. The minimum atomic E-state index is 0.469. The van der Waals surface area contributed by atoms with Crippen molar-refractivity contribution in [2.75, 3.05) is 0 Å². The first kappa shape index (κ1) is 7.63. The number of aryl methyl sites for hydroxylation is 1. The first-order chi connectivity index (χ1) is 5.75. The molecule has 4 nitrogen and oxygen atoms in total. The van der Waals surface area contributed by atoms with Crippen molar-refractivity contribution in [1.29, 1.82) is 0 Å². The lowest BCUT2D eigenvalue weighted by molar-refractivity contribution is 1.08.